The van der Waals surface area contributed by atoms with Crippen molar-refractivity contribution in [1.82, 2.24) is 10.6 Å². The van der Waals surface area contributed by atoms with E-state index in [0.717, 1.165) is 43.1 Å². The maximum Gasteiger partial charge on any atom is 0.137 e. The van der Waals surface area contributed by atoms with E-state index in [4.69, 9.17) is 20.8 Å². The standard InChI is InChI=1S/C16H21ClN2O2/c1-18-8-3-9-19-11-13-5-7-15(21-13)12-4-6-16(20-2)14(17)10-12/h4-7,10,18-19H,3,8-9,11H2,1-2H3. The van der Waals surface area contributed by atoms with E-state index in [9.17, 15) is 0 Å². The SMILES string of the molecule is CNCCCNCc1ccc(-c2ccc(OC)c(Cl)c2)o1. The molecule has 2 aromatic rings. The summed E-state index contributed by atoms with van der Waals surface area (Å²) in [6, 6.07) is 9.58. The Labute approximate surface area is 130 Å². The molecular weight excluding hydrogens is 288 g/mol. The molecule has 2 N–H and O–H groups in total. The Kier molecular flexibility index (Phi) is 6.11. The van der Waals surface area contributed by atoms with E-state index in [2.05, 4.69) is 10.6 Å². The minimum absolute atomic E-state index is 0.582. The summed E-state index contributed by atoms with van der Waals surface area (Å²) in [5.74, 6) is 2.39. The van der Waals surface area contributed by atoms with E-state index in [1.165, 1.54) is 0 Å². The van der Waals surface area contributed by atoms with Crippen LogP contribution in [-0.4, -0.2) is 27.2 Å². The van der Waals surface area contributed by atoms with E-state index >= 15 is 0 Å². The van der Waals surface area contributed by atoms with Crippen LogP contribution in [0, 0.1) is 0 Å². The molecule has 0 aliphatic rings. The van der Waals surface area contributed by atoms with E-state index < -0.39 is 0 Å². The van der Waals surface area contributed by atoms with Crippen molar-refractivity contribution in [3.8, 4) is 17.1 Å². The van der Waals surface area contributed by atoms with Crippen LogP contribution < -0.4 is 15.4 Å². The number of hydrogen-bond donors (Lipinski definition) is 2. The molecule has 0 atom stereocenters. The third kappa shape index (κ3) is 4.49. The third-order valence-corrected chi connectivity index (χ3v) is 3.47. The molecule has 0 radical (unpaired) electrons. The van der Waals surface area contributed by atoms with E-state index in [-0.39, 0.29) is 0 Å². The Balaban J connectivity index is 1.94. The average Bonchev–Trinajstić information content (AvgIpc) is 2.96. The Morgan fingerprint density at radius 1 is 1.19 bits per heavy atom. The van der Waals surface area contributed by atoms with Crippen LogP contribution in [0.2, 0.25) is 5.02 Å². The van der Waals surface area contributed by atoms with Gasteiger partial charge in [0, 0.05) is 5.56 Å². The Morgan fingerprint density at radius 3 is 2.76 bits per heavy atom. The molecule has 0 unspecified atom stereocenters. The van der Waals surface area contributed by atoms with Gasteiger partial charge in [0.15, 0.2) is 0 Å². The predicted octanol–water partition coefficient (Wildman–Crippen LogP) is 3.31. The van der Waals surface area contributed by atoms with Crippen molar-refractivity contribution in [2.75, 3.05) is 27.2 Å². The van der Waals surface area contributed by atoms with Gasteiger partial charge in [0.1, 0.15) is 17.3 Å². The van der Waals surface area contributed by atoms with Gasteiger partial charge >= 0.3 is 0 Å². The molecule has 21 heavy (non-hydrogen) atoms. The molecule has 1 heterocycles. The van der Waals surface area contributed by atoms with Crippen molar-refractivity contribution in [1.29, 1.82) is 0 Å². The van der Waals surface area contributed by atoms with Crippen molar-refractivity contribution < 1.29 is 9.15 Å². The summed E-state index contributed by atoms with van der Waals surface area (Å²) < 4.78 is 11.0. The second-order valence-corrected chi connectivity index (χ2v) is 5.16. The summed E-state index contributed by atoms with van der Waals surface area (Å²) in [5, 5.41) is 7.05. The molecule has 0 fully saturated rings. The second-order valence-electron chi connectivity index (χ2n) is 4.75. The molecule has 5 heteroatoms. The first-order valence-corrected chi connectivity index (χ1v) is 7.40. The zero-order valence-electron chi connectivity index (χ0n) is 12.4. The fraction of sp³-hybridized carbons (Fsp3) is 0.375. The highest BCUT2D eigenvalue weighted by Gasteiger charge is 2.08. The zero-order chi connectivity index (χ0) is 15.1. The van der Waals surface area contributed by atoms with Gasteiger partial charge in [-0.3, -0.25) is 0 Å². The van der Waals surface area contributed by atoms with E-state index in [0.29, 0.717) is 10.8 Å². The molecule has 0 saturated carbocycles. The van der Waals surface area contributed by atoms with E-state index in [1.54, 1.807) is 7.11 Å². The first-order chi connectivity index (χ1) is 10.2. The molecule has 0 amide bonds. The van der Waals surface area contributed by atoms with Crippen LogP contribution in [0.15, 0.2) is 34.7 Å². The highest BCUT2D eigenvalue weighted by Crippen LogP contribution is 2.30. The molecular formula is C16H21ClN2O2. The molecule has 0 saturated heterocycles. The van der Waals surface area contributed by atoms with Gasteiger partial charge in [0.2, 0.25) is 0 Å². The lowest BCUT2D eigenvalue weighted by atomic mass is 10.2. The van der Waals surface area contributed by atoms with Gasteiger partial charge in [-0.1, -0.05) is 11.6 Å². The molecule has 0 bridgehead atoms. The van der Waals surface area contributed by atoms with Crippen molar-refractivity contribution in [2.24, 2.45) is 0 Å². The van der Waals surface area contributed by atoms with Gasteiger partial charge in [-0.25, -0.2) is 0 Å². The Hall–Kier alpha value is -1.49. The molecule has 0 spiro atoms. The zero-order valence-corrected chi connectivity index (χ0v) is 13.2. The summed E-state index contributed by atoms with van der Waals surface area (Å²) in [6.07, 6.45) is 1.10. The molecule has 1 aromatic carbocycles. The van der Waals surface area contributed by atoms with Crippen LogP contribution in [0.3, 0.4) is 0 Å². The minimum atomic E-state index is 0.582. The number of benzene rings is 1. The fourth-order valence-electron chi connectivity index (χ4n) is 2.05. The topological polar surface area (TPSA) is 46.4 Å². The monoisotopic (exact) mass is 308 g/mol. The van der Waals surface area contributed by atoms with Gasteiger partial charge in [-0.15, -0.1) is 0 Å². The highest BCUT2D eigenvalue weighted by molar-refractivity contribution is 6.32. The van der Waals surface area contributed by atoms with Crippen LogP contribution in [0.25, 0.3) is 11.3 Å². The van der Waals surface area contributed by atoms with Crippen molar-refractivity contribution in [3.05, 3.63) is 41.1 Å². The fourth-order valence-corrected chi connectivity index (χ4v) is 2.31. The molecule has 0 aliphatic carbocycles. The maximum absolute atomic E-state index is 6.13. The van der Waals surface area contributed by atoms with E-state index in [1.807, 2.05) is 37.4 Å². The largest absolute Gasteiger partial charge is 0.495 e. The number of rotatable bonds is 8. The molecule has 114 valence electrons. The van der Waals surface area contributed by atoms with Crippen LogP contribution in [-0.2, 0) is 6.54 Å². The predicted molar refractivity (Wildman–Crippen MR) is 86.0 cm³/mol. The maximum atomic E-state index is 6.13. The summed E-state index contributed by atoms with van der Waals surface area (Å²) in [5.41, 5.74) is 0.947. The van der Waals surface area contributed by atoms with Gasteiger partial charge in [-0.2, -0.15) is 0 Å². The van der Waals surface area contributed by atoms with Crippen molar-refractivity contribution in [2.45, 2.75) is 13.0 Å². The first kappa shape index (κ1) is 15.9. The van der Waals surface area contributed by atoms with Crippen molar-refractivity contribution in [3.63, 3.8) is 0 Å². The van der Waals surface area contributed by atoms with Crippen LogP contribution in [0.4, 0.5) is 0 Å². The quantitative estimate of drug-likeness (QED) is 0.735. The number of nitrogens with one attached hydrogen (secondary N) is 2. The molecule has 1 aromatic heterocycles. The Bertz CT molecular complexity index is 569. The average molecular weight is 309 g/mol. The molecule has 2 rings (SSSR count). The first-order valence-electron chi connectivity index (χ1n) is 7.02. The number of ether oxygens (including phenoxy) is 1. The van der Waals surface area contributed by atoms with Gasteiger partial charge in [-0.05, 0) is 56.9 Å². The summed E-state index contributed by atoms with van der Waals surface area (Å²) in [7, 11) is 3.56. The second kappa shape index (κ2) is 8.08. The number of methoxy groups -OCH3 is 1. The van der Waals surface area contributed by atoms with Gasteiger partial charge < -0.3 is 19.8 Å². The smallest absolute Gasteiger partial charge is 0.137 e. The summed E-state index contributed by atoms with van der Waals surface area (Å²) >= 11 is 6.13. The summed E-state index contributed by atoms with van der Waals surface area (Å²) in [4.78, 5) is 0. The third-order valence-electron chi connectivity index (χ3n) is 3.18. The van der Waals surface area contributed by atoms with Crippen LogP contribution in [0.5, 0.6) is 5.75 Å². The lowest BCUT2D eigenvalue weighted by Gasteiger charge is -2.04. The lowest BCUT2D eigenvalue weighted by Crippen LogP contribution is -2.19. The van der Waals surface area contributed by atoms with Crippen LogP contribution >= 0.6 is 11.6 Å². The lowest BCUT2D eigenvalue weighted by molar-refractivity contribution is 0.415. The van der Waals surface area contributed by atoms with Crippen molar-refractivity contribution >= 4 is 11.6 Å². The minimum Gasteiger partial charge on any atom is -0.495 e. The van der Waals surface area contributed by atoms with Crippen LogP contribution in [0.1, 0.15) is 12.2 Å². The van der Waals surface area contributed by atoms with Gasteiger partial charge in [0.05, 0.1) is 18.7 Å². The number of furan rings is 1. The summed E-state index contributed by atoms with van der Waals surface area (Å²) in [6.45, 7) is 2.71. The molecule has 0 aliphatic heterocycles. The normalized spacial score (nSPS) is 10.8. The van der Waals surface area contributed by atoms with Gasteiger partial charge in [0.25, 0.3) is 0 Å². The molecule has 4 nitrogen and oxygen atoms in total. The highest BCUT2D eigenvalue weighted by atomic mass is 35.5. The number of hydrogen-bond acceptors (Lipinski definition) is 4. The number of halogens is 1. The Morgan fingerprint density at radius 2 is 2.05 bits per heavy atom.